The summed E-state index contributed by atoms with van der Waals surface area (Å²) < 4.78 is 0. The van der Waals surface area contributed by atoms with Gasteiger partial charge in [-0.05, 0) is 25.0 Å². The van der Waals surface area contributed by atoms with Crippen molar-refractivity contribution in [1.29, 1.82) is 0 Å². The van der Waals surface area contributed by atoms with E-state index in [0.29, 0.717) is 50.1 Å². The number of carbonyl (C=O) groups is 4. The van der Waals surface area contributed by atoms with Gasteiger partial charge < -0.3 is 9.80 Å². The molecule has 0 radical (unpaired) electrons. The Morgan fingerprint density at radius 3 is 2.00 bits per heavy atom. The first-order valence-corrected chi connectivity index (χ1v) is 9.53. The Labute approximate surface area is 158 Å². The van der Waals surface area contributed by atoms with Crippen molar-refractivity contribution in [2.45, 2.75) is 32.6 Å². The minimum absolute atomic E-state index is 0.0115. The molecular formula is C20H25N3O4. The third-order valence-electron chi connectivity index (χ3n) is 5.15. The van der Waals surface area contributed by atoms with Crippen LogP contribution in [0, 0.1) is 0 Å². The fourth-order valence-electron chi connectivity index (χ4n) is 3.63. The second-order valence-electron chi connectivity index (χ2n) is 6.88. The Kier molecular flexibility index (Phi) is 5.88. The average molecular weight is 371 g/mol. The number of carbonyl (C=O) groups excluding carboxylic acids is 4. The molecule has 0 saturated carbocycles. The first-order valence-electron chi connectivity index (χ1n) is 9.53. The lowest BCUT2D eigenvalue weighted by molar-refractivity contribution is -0.133. The van der Waals surface area contributed by atoms with Crippen molar-refractivity contribution < 1.29 is 19.2 Å². The van der Waals surface area contributed by atoms with Gasteiger partial charge in [-0.3, -0.25) is 24.1 Å². The highest BCUT2D eigenvalue weighted by molar-refractivity contribution is 6.21. The number of amides is 4. The van der Waals surface area contributed by atoms with Crippen LogP contribution in [-0.4, -0.2) is 71.1 Å². The molecule has 0 aromatic heterocycles. The lowest BCUT2D eigenvalue weighted by atomic mass is 10.1. The minimum atomic E-state index is -0.286. The molecule has 0 aliphatic carbocycles. The molecule has 7 heteroatoms. The molecule has 0 unspecified atom stereocenters. The molecule has 3 rings (SSSR count). The number of hydrogen-bond acceptors (Lipinski definition) is 4. The van der Waals surface area contributed by atoms with Gasteiger partial charge in [0.25, 0.3) is 11.8 Å². The quantitative estimate of drug-likeness (QED) is 0.736. The van der Waals surface area contributed by atoms with Crippen LogP contribution < -0.4 is 0 Å². The van der Waals surface area contributed by atoms with Gasteiger partial charge in [0, 0.05) is 45.6 Å². The van der Waals surface area contributed by atoms with E-state index in [1.807, 2.05) is 11.8 Å². The molecule has 2 heterocycles. The molecule has 1 fully saturated rings. The summed E-state index contributed by atoms with van der Waals surface area (Å²) in [6.07, 6.45) is 1.98. The zero-order chi connectivity index (χ0) is 19.4. The molecule has 27 heavy (non-hydrogen) atoms. The van der Waals surface area contributed by atoms with Gasteiger partial charge in [-0.2, -0.15) is 0 Å². The molecule has 0 atom stereocenters. The number of nitrogens with zero attached hydrogens (tertiary/aromatic N) is 3. The fraction of sp³-hybridized carbons (Fsp3) is 0.500. The molecular weight excluding hydrogens is 346 g/mol. The molecule has 0 N–H and O–H groups in total. The van der Waals surface area contributed by atoms with Gasteiger partial charge in [0.1, 0.15) is 0 Å². The molecule has 0 spiro atoms. The van der Waals surface area contributed by atoms with Crippen molar-refractivity contribution >= 4 is 23.6 Å². The summed E-state index contributed by atoms with van der Waals surface area (Å²) in [4.78, 5) is 53.8. The van der Waals surface area contributed by atoms with Crippen LogP contribution in [0.1, 0.15) is 53.3 Å². The van der Waals surface area contributed by atoms with Crippen molar-refractivity contribution in [2.24, 2.45) is 0 Å². The molecule has 2 aliphatic heterocycles. The molecule has 4 amide bonds. The lowest BCUT2D eigenvalue weighted by Crippen LogP contribution is -2.37. The van der Waals surface area contributed by atoms with E-state index in [1.165, 1.54) is 4.90 Å². The van der Waals surface area contributed by atoms with Gasteiger partial charge in [0.15, 0.2) is 0 Å². The van der Waals surface area contributed by atoms with Crippen LogP contribution in [-0.2, 0) is 9.59 Å². The van der Waals surface area contributed by atoms with E-state index in [2.05, 4.69) is 0 Å². The van der Waals surface area contributed by atoms with Crippen LogP contribution in [0.15, 0.2) is 24.3 Å². The van der Waals surface area contributed by atoms with Gasteiger partial charge >= 0.3 is 0 Å². The predicted octanol–water partition coefficient (Wildman–Crippen LogP) is 1.53. The van der Waals surface area contributed by atoms with Gasteiger partial charge in [0.05, 0.1) is 11.1 Å². The molecule has 7 nitrogen and oxygen atoms in total. The van der Waals surface area contributed by atoms with E-state index < -0.39 is 0 Å². The highest BCUT2D eigenvalue weighted by Crippen LogP contribution is 2.22. The normalized spacial score (nSPS) is 17.1. The minimum Gasteiger partial charge on any atom is -0.341 e. The van der Waals surface area contributed by atoms with E-state index in [0.717, 1.165) is 6.42 Å². The number of fused-ring (bicyclic) bond motifs is 1. The Hall–Kier alpha value is -2.70. The Balaban J connectivity index is 1.48. The van der Waals surface area contributed by atoms with Crippen LogP contribution in [0.25, 0.3) is 0 Å². The van der Waals surface area contributed by atoms with Crippen LogP contribution in [0.4, 0.5) is 0 Å². The van der Waals surface area contributed by atoms with Crippen molar-refractivity contribution in [3.05, 3.63) is 35.4 Å². The van der Waals surface area contributed by atoms with Gasteiger partial charge in [-0.1, -0.05) is 19.1 Å². The second-order valence-corrected chi connectivity index (χ2v) is 6.88. The third-order valence-corrected chi connectivity index (χ3v) is 5.15. The summed E-state index contributed by atoms with van der Waals surface area (Å²) in [5, 5.41) is 0. The Bertz CT molecular complexity index is 726. The van der Waals surface area contributed by atoms with E-state index >= 15 is 0 Å². The van der Waals surface area contributed by atoms with E-state index in [-0.39, 0.29) is 36.6 Å². The third kappa shape index (κ3) is 4.02. The van der Waals surface area contributed by atoms with Crippen LogP contribution in [0.3, 0.4) is 0 Å². The molecule has 0 bridgehead atoms. The smallest absolute Gasteiger partial charge is 0.261 e. The first-order chi connectivity index (χ1) is 13.0. The summed E-state index contributed by atoms with van der Waals surface area (Å²) in [6, 6.07) is 6.79. The molecule has 1 aromatic carbocycles. The van der Waals surface area contributed by atoms with Crippen LogP contribution >= 0.6 is 0 Å². The van der Waals surface area contributed by atoms with Crippen molar-refractivity contribution in [1.82, 2.24) is 14.7 Å². The van der Waals surface area contributed by atoms with Crippen molar-refractivity contribution in [2.75, 3.05) is 32.7 Å². The van der Waals surface area contributed by atoms with Crippen molar-refractivity contribution in [3.8, 4) is 0 Å². The first kappa shape index (κ1) is 19.1. The number of rotatable bonds is 5. The topological polar surface area (TPSA) is 78.0 Å². The van der Waals surface area contributed by atoms with Gasteiger partial charge in [-0.25, -0.2) is 0 Å². The SMILES string of the molecule is CCC(=O)N1CCCN(C(=O)CCCN2C(=O)c3ccccc3C2=O)CC1. The number of hydrogen-bond donors (Lipinski definition) is 0. The number of imide groups is 1. The average Bonchev–Trinajstić information content (AvgIpc) is 2.87. The zero-order valence-electron chi connectivity index (χ0n) is 15.6. The van der Waals surface area contributed by atoms with Crippen LogP contribution in [0.2, 0.25) is 0 Å². The number of benzene rings is 1. The highest BCUT2D eigenvalue weighted by atomic mass is 16.2. The van der Waals surface area contributed by atoms with Gasteiger partial charge in [-0.15, -0.1) is 0 Å². The van der Waals surface area contributed by atoms with E-state index in [9.17, 15) is 19.2 Å². The molecule has 2 aliphatic rings. The summed E-state index contributed by atoms with van der Waals surface area (Å²) in [5.41, 5.74) is 0.865. The molecule has 1 aromatic rings. The maximum absolute atomic E-state index is 12.5. The van der Waals surface area contributed by atoms with E-state index in [1.54, 1.807) is 29.2 Å². The standard InChI is InChI=1S/C20H25N3O4/c1-2-17(24)21-10-6-11-22(14-13-21)18(25)9-5-12-23-19(26)15-7-3-4-8-16(15)20(23)27/h3-4,7-8H,2,5-6,9-14H2,1H3. The molecule has 144 valence electrons. The summed E-state index contributed by atoms with van der Waals surface area (Å²) in [5.74, 6) is -0.439. The van der Waals surface area contributed by atoms with E-state index in [4.69, 9.17) is 0 Å². The maximum atomic E-state index is 12.5. The Morgan fingerprint density at radius 2 is 1.44 bits per heavy atom. The predicted molar refractivity (Wildman–Crippen MR) is 99.1 cm³/mol. The van der Waals surface area contributed by atoms with Crippen molar-refractivity contribution in [3.63, 3.8) is 0 Å². The van der Waals surface area contributed by atoms with Gasteiger partial charge in [0.2, 0.25) is 11.8 Å². The Morgan fingerprint density at radius 1 is 0.889 bits per heavy atom. The summed E-state index contributed by atoms with van der Waals surface area (Å²) >= 11 is 0. The monoisotopic (exact) mass is 371 g/mol. The highest BCUT2D eigenvalue weighted by Gasteiger charge is 2.34. The fourth-order valence-corrected chi connectivity index (χ4v) is 3.63. The largest absolute Gasteiger partial charge is 0.341 e. The summed E-state index contributed by atoms with van der Waals surface area (Å²) in [6.45, 7) is 4.51. The summed E-state index contributed by atoms with van der Waals surface area (Å²) in [7, 11) is 0. The zero-order valence-corrected chi connectivity index (χ0v) is 15.6. The molecule has 1 saturated heterocycles. The maximum Gasteiger partial charge on any atom is 0.261 e. The lowest BCUT2D eigenvalue weighted by Gasteiger charge is -2.22. The van der Waals surface area contributed by atoms with Crippen LogP contribution in [0.5, 0.6) is 0 Å². The second kappa shape index (κ2) is 8.33.